The van der Waals surface area contributed by atoms with Crippen molar-refractivity contribution in [1.82, 2.24) is 14.5 Å². The predicted molar refractivity (Wildman–Crippen MR) is 139 cm³/mol. The molecule has 0 spiro atoms. The van der Waals surface area contributed by atoms with Gasteiger partial charge in [0.15, 0.2) is 5.78 Å². The number of ketones is 1. The molecular weight excluding hydrogens is 456 g/mol. The summed E-state index contributed by atoms with van der Waals surface area (Å²) in [7, 11) is 0. The van der Waals surface area contributed by atoms with Gasteiger partial charge in [-0.3, -0.25) is 23.5 Å². The molecule has 8 nitrogen and oxygen atoms in total. The van der Waals surface area contributed by atoms with E-state index in [1.165, 1.54) is 23.6 Å². The number of rotatable bonds is 8. The van der Waals surface area contributed by atoms with E-state index in [0.717, 1.165) is 21.3 Å². The van der Waals surface area contributed by atoms with Crippen LogP contribution in [-0.2, 0) is 24.4 Å². The number of carbonyl (C=O) groups excluding carboxylic acids is 2. The highest BCUT2D eigenvalue weighted by Gasteiger charge is 2.17. The minimum absolute atomic E-state index is 0.0588. The highest BCUT2D eigenvalue weighted by Crippen LogP contribution is 2.13. The van der Waals surface area contributed by atoms with Crippen molar-refractivity contribution in [1.29, 1.82) is 5.41 Å². The maximum Gasteiger partial charge on any atom is 0.332 e. The Morgan fingerprint density at radius 3 is 2.14 bits per heavy atom. The largest absolute Gasteiger partial charge is 0.350 e. The fourth-order valence-corrected chi connectivity index (χ4v) is 3.97. The normalized spacial score (nSPS) is 10.8. The van der Waals surface area contributed by atoms with E-state index in [4.69, 9.17) is 5.41 Å². The molecule has 1 aromatic heterocycles. The lowest BCUT2D eigenvalue weighted by atomic mass is 10.1. The van der Waals surface area contributed by atoms with Crippen molar-refractivity contribution in [3.05, 3.63) is 116 Å². The van der Waals surface area contributed by atoms with Gasteiger partial charge in [0.25, 0.3) is 5.56 Å². The van der Waals surface area contributed by atoms with Gasteiger partial charge in [0.05, 0.1) is 17.4 Å². The lowest BCUT2D eigenvalue weighted by molar-refractivity contribution is -0.121. The third-order valence-electron chi connectivity index (χ3n) is 5.99. The second-order valence-corrected chi connectivity index (χ2v) is 8.63. The molecule has 0 aliphatic rings. The highest BCUT2D eigenvalue weighted by molar-refractivity contribution is 5.98. The fraction of sp³-hybridized carbons (Fsp3) is 0.179. The van der Waals surface area contributed by atoms with E-state index in [-0.39, 0.29) is 36.3 Å². The topological polar surface area (TPSA) is 114 Å². The summed E-state index contributed by atoms with van der Waals surface area (Å²) in [4.78, 5) is 51.5. The third kappa shape index (κ3) is 5.22. The van der Waals surface area contributed by atoms with Crippen LogP contribution < -0.4 is 16.6 Å². The van der Waals surface area contributed by atoms with Crippen molar-refractivity contribution in [2.75, 3.05) is 0 Å². The zero-order chi connectivity index (χ0) is 25.8. The van der Waals surface area contributed by atoms with Crippen LogP contribution in [0.2, 0.25) is 0 Å². The number of aromatic nitrogens is 2. The second kappa shape index (κ2) is 10.4. The quantitative estimate of drug-likeness (QED) is 0.297. The first kappa shape index (κ1) is 24.5. The third-order valence-corrected chi connectivity index (χ3v) is 5.99. The molecule has 4 rings (SSSR count). The van der Waals surface area contributed by atoms with Gasteiger partial charge in [-0.1, -0.05) is 60.7 Å². The minimum atomic E-state index is -0.627. The molecule has 0 aliphatic carbocycles. The van der Waals surface area contributed by atoms with E-state index in [0.29, 0.717) is 11.3 Å². The van der Waals surface area contributed by atoms with Crippen molar-refractivity contribution < 1.29 is 9.59 Å². The van der Waals surface area contributed by atoms with Gasteiger partial charge >= 0.3 is 5.69 Å². The van der Waals surface area contributed by atoms with Crippen LogP contribution in [-0.4, -0.2) is 26.5 Å². The lowest BCUT2D eigenvalue weighted by Gasteiger charge is -2.15. The van der Waals surface area contributed by atoms with Crippen LogP contribution in [0.3, 0.4) is 0 Å². The molecule has 0 saturated carbocycles. The van der Waals surface area contributed by atoms with Gasteiger partial charge in [0, 0.05) is 17.8 Å². The molecule has 0 radical (unpaired) electrons. The van der Waals surface area contributed by atoms with E-state index in [1.54, 1.807) is 13.0 Å². The molecule has 0 aliphatic heterocycles. The van der Waals surface area contributed by atoms with Crippen molar-refractivity contribution in [2.24, 2.45) is 0 Å². The summed E-state index contributed by atoms with van der Waals surface area (Å²) in [6, 6.07) is 21.0. The van der Waals surface area contributed by atoms with E-state index < -0.39 is 17.2 Å². The molecule has 8 heteroatoms. The maximum absolute atomic E-state index is 13.4. The van der Waals surface area contributed by atoms with Crippen molar-refractivity contribution in [2.45, 2.75) is 33.5 Å². The van der Waals surface area contributed by atoms with Gasteiger partial charge in [-0.25, -0.2) is 4.79 Å². The Balaban J connectivity index is 1.69. The summed E-state index contributed by atoms with van der Waals surface area (Å²) >= 11 is 0. The molecular formula is C28H26N4O4. The molecule has 4 aromatic rings. The summed E-state index contributed by atoms with van der Waals surface area (Å²) < 4.78 is 2.35. The van der Waals surface area contributed by atoms with Gasteiger partial charge in [-0.2, -0.15) is 0 Å². The Labute approximate surface area is 207 Å². The Bertz CT molecular complexity index is 1580. The van der Waals surface area contributed by atoms with Gasteiger partial charge in [-0.05, 0) is 42.7 Å². The Kier molecular flexibility index (Phi) is 7.05. The standard InChI is InChI=1S/C28H26N4O4/c1-18(29)22-10-8-20(9-11-22)15-30-26(34)17-31-25-14-23(19(2)33)12-13-24(25)27(35)32(28(31)36)16-21-6-4-3-5-7-21/h3-14,29H,15-17H2,1-2H3,(H,30,34). The molecule has 3 aromatic carbocycles. The van der Waals surface area contributed by atoms with E-state index in [2.05, 4.69) is 5.32 Å². The Hall–Kier alpha value is -4.59. The molecule has 0 fully saturated rings. The van der Waals surface area contributed by atoms with E-state index in [1.807, 2.05) is 54.6 Å². The number of hydrogen-bond donors (Lipinski definition) is 2. The summed E-state index contributed by atoms with van der Waals surface area (Å²) in [5.74, 6) is -0.624. The monoisotopic (exact) mass is 482 g/mol. The molecule has 1 heterocycles. The van der Waals surface area contributed by atoms with Gasteiger partial charge in [0.1, 0.15) is 6.54 Å². The zero-order valence-corrected chi connectivity index (χ0v) is 20.1. The average Bonchev–Trinajstić information content (AvgIpc) is 2.88. The molecule has 0 atom stereocenters. The molecule has 36 heavy (non-hydrogen) atoms. The lowest BCUT2D eigenvalue weighted by Crippen LogP contribution is -2.42. The number of benzene rings is 3. The van der Waals surface area contributed by atoms with Gasteiger partial charge < -0.3 is 10.7 Å². The van der Waals surface area contributed by atoms with Crippen molar-refractivity contribution in [3.63, 3.8) is 0 Å². The van der Waals surface area contributed by atoms with Gasteiger partial charge in [-0.15, -0.1) is 0 Å². The summed E-state index contributed by atoms with van der Waals surface area (Å²) in [5.41, 5.74) is 2.35. The van der Waals surface area contributed by atoms with Crippen LogP contribution in [0.25, 0.3) is 10.9 Å². The number of Topliss-reactive ketones (excluding diaryl/α,β-unsaturated/α-hetero) is 1. The van der Waals surface area contributed by atoms with Crippen LogP contribution in [0.1, 0.15) is 40.9 Å². The molecule has 1 amide bonds. The number of nitrogens with one attached hydrogen (secondary N) is 2. The smallest absolute Gasteiger partial charge is 0.332 e. The number of hydrogen-bond acceptors (Lipinski definition) is 5. The van der Waals surface area contributed by atoms with Crippen LogP contribution in [0.5, 0.6) is 0 Å². The number of nitrogens with zero attached hydrogens (tertiary/aromatic N) is 2. The molecule has 0 bridgehead atoms. The summed E-state index contributed by atoms with van der Waals surface area (Å²) in [6.45, 7) is 3.09. The van der Waals surface area contributed by atoms with E-state index in [9.17, 15) is 19.2 Å². The number of carbonyl (C=O) groups is 2. The number of amides is 1. The first-order chi connectivity index (χ1) is 17.2. The Morgan fingerprint density at radius 2 is 1.50 bits per heavy atom. The first-order valence-electron chi connectivity index (χ1n) is 11.5. The van der Waals surface area contributed by atoms with Crippen LogP contribution in [0, 0.1) is 5.41 Å². The predicted octanol–water partition coefficient (Wildman–Crippen LogP) is 3.12. The number of fused-ring (bicyclic) bond motifs is 1. The van der Waals surface area contributed by atoms with Crippen LogP contribution in [0.15, 0.2) is 82.4 Å². The van der Waals surface area contributed by atoms with Crippen molar-refractivity contribution in [3.8, 4) is 0 Å². The van der Waals surface area contributed by atoms with Crippen LogP contribution >= 0.6 is 0 Å². The van der Waals surface area contributed by atoms with E-state index >= 15 is 0 Å². The average molecular weight is 483 g/mol. The minimum Gasteiger partial charge on any atom is -0.350 e. The molecule has 0 saturated heterocycles. The molecule has 182 valence electrons. The summed E-state index contributed by atoms with van der Waals surface area (Å²) in [5, 5.41) is 10.7. The first-order valence-corrected chi connectivity index (χ1v) is 11.5. The SMILES string of the molecule is CC(=N)c1ccc(CNC(=O)Cn2c(=O)n(Cc3ccccc3)c(=O)c3ccc(C(C)=O)cc32)cc1. The second-order valence-electron chi connectivity index (χ2n) is 8.63. The van der Waals surface area contributed by atoms with Gasteiger partial charge in [0.2, 0.25) is 5.91 Å². The molecule has 2 N–H and O–H groups in total. The summed E-state index contributed by atoms with van der Waals surface area (Å²) in [6.07, 6.45) is 0. The molecule has 0 unspecified atom stereocenters. The Morgan fingerprint density at radius 1 is 0.833 bits per heavy atom. The van der Waals surface area contributed by atoms with Crippen LogP contribution in [0.4, 0.5) is 0 Å². The maximum atomic E-state index is 13.4. The zero-order valence-electron chi connectivity index (χ0n) is 20.1. The fourth-order valence-electron chi connectivity index (χ4n) is 3.97. The van der Waals surface area contributed by atoms with Crippen molar-refractivity contribution >= 4 is 28.3 Å². The highest BCUT2D eigenvalue weighted by atomic mass is 16.2.